The molecule has 2 rings (SSSR count). The predicted molar refractivity (Wildman–Crippen MR) is 81.6 cm³/mol. The van der Waals surface area contributed by atoms with Crippen molar-refractivity contribution in [3.8, 4) is 6.07 Å². The van der Waals surface area contributed by atoms with Crippen molar-refractivity contribution in [1.29, 1.82) is 5.26 Å². The first kappa shape index (κ1) is 16.7. The largest absolute Gasteiger partial charge is 0.352 e. The molecule has 6 nitrogen and oxygen atoms in total. The lowest BCUT2D eigenvalue weighted by atomic mass is 10.1. The van der Waals surface area contributed by atoms with Crippen molar-refractivity contribution in [3.63, 3.8) is 0 Å². The van der Waals surface area contributed by atoms with Gasteiger partial charge in [0.2, 0.25) is 15.9 Å². The first-order chi connectivity index (χ1) is 10.4. The van der Waals surface area contributed by atoms with E-state index in [2.05, 4.69) is 5.32 Å². The Labute approximate surface area is 134 Å². The van der Waals surface area contributed by atoms with Crippen LogP contribution in [0, 0.1) is 11.3 Å². The molecule has 1 N–H and O–H groups in total. The highest BCUT2D eigenvalue weighted by Gasteiger charge is 2.29. The Morgan fingerprint density at radius 2 is 1.91 bits per heavy atom. The summed E-state index contributed by atoms with van der Waals surface area (Å²) < 4.78 is 26.4. The van der Waals surface area contributed by atoms with Crippen LogP contribution in [-0.4, -0.2) is 37.8 Å². The van der Waals surface area contributed by atoms with Gasteiger partial charge in [-0.05, 0) is 37.1 Å². The van der Waals surface area contributed by atoms with Gasteiger partial charge in [0.25, 0.3) is 0 Å². The molecular weight excluding hydrogens is 326 g/mol. The zero-order valence-corrected chi connectivity index (χ0v) is 13.4. The van der Waals surface area contributed by atoms with Crippen molar-refractivity contribution in [3.05, 3.63) is 29.3 Å². The van der Waals surface area contributed by atoms with Gasteiger partial charge in [-0.15, -0.1) is 0 Å². The summed E-state index contributed by atoms with van der Waals surface area (Å²) in [7, 11) is -3.53. The second-order valence-electron chi connectivity index (χ2n) is 5.03. The quantitative estimate of drug-likeness (QED) is 0.899. The molecule has 0 atom stereocenters. The third-order valence-corrected chi connectivity index (χ3v) is 5.67. The number of amides is 1. The third kappa shape index (κ3) is 3.97. The summed E-state index contributed by atoms with van der Waals surface area (Å²) in [6.07, 6.45) is 0.886. The van der Waals surface area contributed by atoms with Gasteiger partial charge in [-0.3, -0.25) is 4.79 Å². The summed E-state index contributed by atoms with van der Waals surface area (Å²) in [5.74, 6) is -0.318. The normalized spacial score (nSPS) is 16.9. The second kappa shape index (κ2) is 7.09. The molecule has 1 heterocycles. The third-order valence-electron chi connectivity index (χ3n) is 3.51. The number of halogens is 1. The molecule has 1 amide bonds. The van der Waals surface area contributed by atoms with Gasteiger partial charge in [-0.25, -0.2) is 8.42 Å². The molecule has 22 heavy (non-hydrogen) atoms. The summed E-state index contributed by atoms with van der Waals surface area (Å²) in [6.45, 7) is 0.672. The second-order valence-corrected chi connectivity index (χ2v) is 7.41. The number of sulfonamides is 1. The number of nitriles is 1. The lowest BCUT2D eigenvalue weighted by molar-refractivity contribution is -0.121. The number of carbonyl (C=O) groups is 1. The minimum absolute atomic E-state index is 0.0856. The average molecular weight is 342 g/mol. The van der Waals surface area contributed by atoms with Gasteiger partial charge >= 0.3 is 0 Å². The highest BCUT2D eigenvalue weighted by molar-refractivity contribution is 7.89. The fraction of sp³-hybridized carbons (Fsp3) is 0.429. The highest BCUT2D eigenvalue weighted by Crippen LogP contribution is 2.22. The van der Waals surface area contributed by atoms with Crippen LogP contribution < -0.4 is 5.32 Å². The fourth-order valence-electron chi connectivity index (χ4n) is 2.35. The van der Waals surface area contributed by atoms with Crippen LogP contribution in [0.15, 0.2) is 29.2 Å². The summed E-state index contributed by atoms with van der Waals surface area (Å²) in [5, 5.41) is 11.7. The summed E-state index contributed by atoms with van der Waals surface area (Å²) in [6, 6.07) is 7.76. The molecule has 118 valence electrons. The van der Waals surface area contributed by atoms with Gasteiger partial charge in [-0.1, -0.05) is 11.6 Å². The van der Waals surface area contributed by atoms with E-state index in [1.165, 1.54) is 16.4 Å². The molecule has 1 fully saturated rings. The summed E-state index contributed by atoms with van der Waals surface area (Å²) in [5.41, 5.74) is 0. The number of hydrogen-bond donors (Lipinski definition) is 1. The molecule has 0 aliphatic carbocycles. The van der Waals surface area contributed by atoms with Crippen LogP contribution in [-0.2, 0) is 14.8 Å². The average Bonchev–Trinajstić information content (AvgIpc) is 2.48. The van der Waals surface area contributed by atoms with E-state index in [1.54, 1.807) is 18.2 Å². The predicted octanol–water partition coefficient (Wildman–Crippen LogP) is 1.52. The highest BCUT2D eigenvalue weighted by atomic mass is 35.5. The van der Waals surface area contributed by atoms with E-state index in [0.29, 0.717) is 31.0 Å². The zero-order valence-electron chi connectivity index (χ0n) is 11.8. The minimum Gasteiger partial charge on any atom is -0.352 e. The van der Waals surface area contributed by atoms with E-state index in [-0.39, 0.29) is 23.3 Å². The maximum atomic E-state index is 12.5. The summed E-state index contributed by atoms with van der Waals surface area (Å²) in [4.78, 5) is 11.6. The van der Waals surface area contributed by atoms with Crippen molar-refractivity contribution >= 4 is 27.5 Å². The van der Waals surface area contributed by atoms with Gasteiger partial charge in [0.1, 0.15) is 6.42 Å². The monoisotopic (exact) mass is 341 g/mol. The van der Waals surface area contributed by atoms with E-state index in [4.69, 9.17) is 16.9 Å². The van der Waals surface area contributed by atoms with Gasteiger partial charge < -0.3 is 5.32 Å². The van der Waals surface area contributed by atoms with Crippen molar-refractivity contribution < 1.29 is 13.2 Å². The number of benzene rings is 1. The van der Waals surface area contributed by atoms with Gasteiger partial charge in [-0.2, -0.15) is 9.57 Å². The lowest BCUT2D eigenvalue weighted by Crippen LogP contribution is -2.46. The Bertz CT molecular complexity index is 674. The number of carbonyl (C=O) groups excluding carboxylic acids is 1. The number of hydrogen-bond acceptors (Lipinski definition) is 4. The molecular formula is C14H16ClN3O3S. The van der Waals surface area contributed by atoms with Crippen LogP contribution in [0.4, 0.5) is 0 Å². The summed E-state index contributed by atoms with van der Waals surface area (Å²) >= 11 is 5.77. The molecule has 0 bridgehead atoms. The lowest BCUT2D eigenvalue weighted by Gasteiger charge is -2.31. The van der Waals surface area contributed by atoms with E-state index in [0.717, 1.165) is 0 Å². The Hall–Kier alpha value is -1.62. The maximum absolute atomic E-state index is 12.5. The molecule has 0 spiro atoms. The smallest absolute Gasteiger partial charge is 0.243 e. The van der Waals surface area contributed by atoms with E-state index < -0.39 is 10.0 Å². The number of piperidine rings is 1. The van der Waals surface area contributed by atoms with E-state index in [9.17, 15) is 13.2 Å². The van der Waals surface area contributed by atoms with E-state index >= 15 is 0 Å². The van der Waals surface area contributed by atoms with Gasteiger partial charge in [0.15, 0.2) is 0 Å². The molecule has 1 aliphatic rings. The van der Waals surface area contributed by atoms with Crippen LogP contribution in [0.3, 0.4) is 0 Å². The van der Waals surface area contributed by atoms with E-state index in [1.807, 2.05) is 0 Å². The standard InChI is InChI=1S/C14H16ClN3O3S/c15-11-1-3-13(4-2-11)22(20,21)18-9-6-12(7-10-18)17-14(19)5-8-16/h1-4,12H,5-7,9-10H2,(H,17,19). The molecule has 1 aromatic carbocycles. The first-order valence-corrected chi connectivity index (χ1v) is 8.67. The fourth-order valence-corrected chi connectivity index (χ4v) is 3.94. The van der Waals surface area contributed by atoms with Crippen LogP contribution in [0.5, 0.6) is 0 Å². The minimum atomic E-state index is -3.53. The Morgan fingerprint density at radius 3 is 2.45 bits per heavy atom. The molecule has 0 aromatic heterocycles. The number of nitrogens with zero attached hydrogens (tertiary/aromatic N) is 2. The van der Waals surface area contributed by atoms with Crippen LogP contribution in [0.25, 0.3) is 0 Å². The topological polar surface area (TPSA) is 90.3 Å². The van der Waals surface area contributed by atoms with Crippen molar-refractivity contribution in [2.45, 2.75) is 30.2 Å². The Morgan fingerprint density at radius 1 is 1.32 bits per heavy atom. The van der Waals surface area contributed by atoms with Crippen molar-refractivity contribution in [1.82, 2.24) is 9.62 Å². The van der Waals surface area contributed by atoms with Crippen LogP contribution in [0.2, 0.25) is 5.02 Å². The Kier molecular flexibility index (Phi) is 5.40. The number of nitrogens with one attached hydrogen (secondary N) is 1. The molecule has 1 saturated heterocycles. The molecule has 8 heteroatoms. The number of rotatable bonds is 4. The van der Waals surface area contributed by atoms with Crippen molar-refractivity contribution in [2.24, 2.45) is 0 Å². The van der Waals surface area contributed by atoms with Gasteiger partial charge in [0.05, 0.1) is 11.0 Å². The van der Waals surface area contributed by atoms with Gasteiger partial charge in [0, 0.05) is 24.2 Å². The van der Waals surface area contributed by atoms with Crippen LogP contribution >= 0.6 is 11.6 Å². The zero-order chi connectivity index (χ0) is 16.2. The molecule has 1 aliphatic heterocycles. The maximum Gasteiger partial charge on any atom is 0.243 e. The Balaban J connectivity index is 1.97. The first-order valence-electron chi connectivity index (χ1n) is 6.85. The SMILES string of the molecule is N#CCC(=O)NC1CCN(S(=O)(=O)c2ccc(Cl)cc2)CC1. The van der Waals surface area contributed by atoms with Crippen molar-refractivity contribution in [2.75, 3.05) is 13.1 Å². The molecule has 0 saturated carbocycles. The molecule has 1 aromatic rings. The molecule has 0 unspecified atom stereocenters. The van der Waals surface area contributed by atoms with Crippen LogP contribution in [0.1, 0.15) is 19.3 Å². The molecule has 0 radical (unpaired) electrons.